The van der Waals surface area contributed by atoms with E-state index in [1.807, 2.05) is 56.3 Å². The molecule has 0 radical (unpaired) electrons. The van der Waals surface area contributed by atoms with Gasteiger partial charge in [0.2, 0.25) is 11.8 Å². The van der Waals surface area contributed by atoms with E-state index >= 15 is 0 Å². The molecule has 0 aliphatic rings. The van der Waals surface area contributed by atoms with Crippen molar-refractivity contribution < 1.29 is 9.59 Å². The second-order valence-corrected chi connectivity index (χ2v) is 8.66. The third-order valence-corrected chi connectivity index (χ3v) is 6.03. The molecule has 29 heavy (non-hydrogen) atoms. The first kappa shape index (κ1) is 23.3. The average molecular weight is 433 g/mol. The van der Waals surface area contributed by atoms with Crippen LogP contribution in [0.25, 0.3) is 0 Å². The third-order valence-electron chi connectivity index (χ3n) is 4.76. The largest absolute Gasteiger partial charge is 0.352 e. The van der Waals surface area contributed by atoms with Crippen LogP contribution >= 0.6 is 23.4 Å². The van der Waals surface area contributed by atoms with Crippen molar-refractivity contribution in [2.45, 2.75) is 57.1 Å². The van der Waals surface area contributed by atoms with E-state index in [1.165, 1.54) is 0 Å². The van der Waals surface area contributed by atoms with Gasteiger partial charge in [-0.3, -0.25) is 9.59 Å². The minimum atomic E-state index is -0.547. The number of hydrogen-bond donors (Lipinski definition) is 1. The molecule has 4 nitrogen and oxygen atoms in total. The maximum Gasteiger partial charge on any atom is 0.242 e. The summed E-state index contributed by atoms with van der Waals surface area (Å²) in [7, 11) is 0. The van der Waals surface area contributed by atoms with Gasteiger partial charge >= 0.3 is 0 Å². The van der Waals surface area contributed by atoms with E-state index < -0.39 is 6.04 Å². The molecule has 0 saturated carbocycles. The van der Waals surface area contributed by atoms with Gasteiger partial charge in [-0.15, -0.1) is 11.8 Å². The fourth-order valence-electron chi connectivity index (χ4n) is 2.75. The van der Waals surface area contributed by atoms with Gasteiger partial charge in [-0.1, -0.05) is 48.9 Å². The zero-order valence-corrected chi connectivity index (χ0v) is 18.8. The van der Waals surface area contributed by atoms with Crippen LogP contribution in [0.1, 0.15) is 39.2 Å². The van der Waals surface area contributed by atoms with Crippen LogP contribution in [0.5, 0.6) is 0 Å². The average Bonchev–Trinajstić information content (AvgIpc) is 2.73. The number of rotatable bonds is 10. The first-order valence-corrected chi connectivity index (χ1v) is 11.3. The van der Waals surface area contributed by atoms with E-state index in [2.05, 4.69) is 5.32 Å². The summed E-state index contributed by atoms with van der Waals surface area (Å²) in [5.41, 5.74) is 0.946. The Labute approximate surface area is 183 Å². The molecule has 0 saturated heterocycles. The van der Waals surface area contributed by atoms with E-state index in [9.17, 15) is 9.59 Å². The summed E-state index contributed by atoms with van der Waals surface area (Å²) in [5, 5.41) is 3.63. The Balaban J connectivity index is 2.06. The van der Waals surface area contributed by atoms with Gasteiger partial charge in [0.1, 0.15) is 6.04 Å². The molecular weight excluding hydrogens is 404 g/mol. The molecule has 0 aliphatic heterocycles. The molecule has 0 unspecified atom stereocenters. The predicted molar refractivity (Wildman–Crippen MR) is 121 cm³/mol. The predicted octanol–water partition coefficient (Wildman–Crippen LogP) is 5.15. The number of halogens is 1. The van der Waals surface area contributed by atoms with E-state index in [1.54, 1.807) is 35.7 Å². The number of nitrogens with zero attached hydrogens (tertiary/aromatic N) is 1. The van der Waals surface area contributed by atoms with Crippen LogP contribution in [0.15, 0.2) is 59.5 Å². The molecule has 2 amide bonds. The molecule has 0 bridgehead atoms. The lowest BCUT2D eigenvalue weighted by molar-refractivity contribution is -0.140. The number of amides is 2. The smallest absolute Gasteiger partial charge is 0.242 e. The lowest BCUT2D eigenvalue weighted by atomic mass is 10.1. The van der Waals surface area contributed by atoms with E-state index in [4.69, 9.17) is 11.6 Å². The van der Waals surface area contributed by atoms with Gasteiger partial charge in [0.15, 0.2) is 0 Å². The topological polar surface area (TPSA) is 49.4 Å². The van der Waals surface area contributed by atoms with Gasteiger partial charge in [-0.25, -0.2) is 0 Å². The molecule has 0 aliphatic carbocycles. The number of hydrogen-bond acceptors (Lipinski definition) is 3. The molecule has 156 valence electrons. The Bertz CT molecular complexity index is 783. The van der Waals surface area contributed by atoms with Gasteiger partial charge in [-0.2, -0.15) is 0 Å². The highest BCUT2D eigenvalue weighted by atomic mass is 35.5. The molecule has 2 atom stereocenters. The minimum absolute atomic E-state index is 0.0322. The normalized spacial score (nSPS) is 12.8. The van der Waals surface area contributed by atoms with Crippen LogP contribution in [-0.4, -0.2) is 34.6 Å². The van der Waals surface area contributed by atoms with Crippen molar-refractivity contribution in [3.05, 3.63) is 65.2 Å². The zero-order valence-electron chi connectivity index (χ0n) is 17.2. The highest BCUT2D eigenvalue weighted by Crippen LogP contribution is 2.20. The van der Waals surface area contributed by atoms with Gasteiger partial charge in [0, 0.05) is 34.7 Å². The van der Waals surface area contributed by atoms with E-state index in [0.717, 1.165) is 16.9 Å². The maximum atomic E-state index is 13.0. The summed E-state index contributed by atoms with van der Waals surface area (Å²) >= 11 is 7.62. The minimum Gasteiger partial charge on any atom is -0.352 e. The third kappa shape index (κ3) is 7.75. The van der Waals surface area contributed by atoms with Gasteiger partial charge in [0.05, 0.1) is 0 Å². The molecule has 0 spiro atoms. The molecule has 2 rings (SSSR count). The van der Waals surface area contributed by atoms with Crippen molar-refractivity contribution in [1.82, 2.24) is 10.2 Å². The van der Waals surface area contributed by atoms with Gasteiger partial charge in [0.25, 0.3) is 0 Å². The van der Waals surface area contributed by atoms with E-state index in [-0.39, 0.29) is 17.9 Å². The molecule has 2 aromatic carbocycles. The fourth-order valence-corrected chi connectivity index (χ4v) is 3.74. The van der Waals surface area contributed by atoms with Crippen LogP contribution in [0, 0.1) is 0 Å². The van der Waals surface area contributed by atoms with Gasteiger partial charge < -0.3 is 10.2 Å². The highest BCUT2D eigenvalue weighted by Gasteiger charge is 2.26. The summed E-state index contributed by atoms with van der Waals surface area (Å²) in [6.45, 7) is 6.15. The second-order valence-electron chi connectivity index (χ2n) is 7.05. The molecule has 0 aromatic heterocycles. The summed E-state index contributed by atoms with van der Waals surface area (Å²) in [6, 6.07) is 16.9. The van der Waals surface area contributed by atoms with Crippen molar-refractivity contribution in [3.8, 4) is 0 Å². The van der Waals surface area contributed by atoms with Crippen molar-refractivity contribution in [1.29, 1.82) is 0 Å². The Morgan fingerprint density at radius 3 is 2.34 bits per heavy atom. The number of carbonyl (C=O) groups excluding carboxylic acids is 2. The summed E-state index contributed by atoms with van der Waals surface area (Å²) in [6.07, 6.45) is 1.21. The zero-order chi connectivity index (χ0) is 21.2. The molecule has 1 N–H and O–H groups in total. The maximum absolute atomic E-state index is 13.0. The van der Waals surface area contributed by atoms with Crippen LogP contribution in [-0.2, 0) is 16.1 Å². The molecule has 6 heteroatoms. The number of carbonyl (C=O) groups is 2. The quantitative estimate of drug-likeness (QED) is 0.528. The first-order valence-electron chi connectivity index (χ1n) is 9.92. The van der Waals surface area contributed by atoms with E-state index in [0.29, 0.717) is 23.7 Å². The van der Waals surface area contributed by atoms with Crippen molar-refractivity contribution in [2.24, 2.45) is 0 Å². The lowest BCUT2D eigenvalue weighted by Crippen LogP contribution is -2.49. The van der Waals surface area contributed by atoms with Crippen LogP contribution in [0.4, 0.5) is 0 Å². The van der Waals surface area contributed by atoms with Crippen molar-refractivity contribution >= 4 is 35.2 Å². The van der Waals surface area contributed by atoms with Gasteiger partial charge in [-0.05, 0) is 50.1 Å². The Hall–Kier alpha value is -1.98. The molecular formula is C23H29ClN2O2S. The SMILES string of the molecule is CC[C@@H](C)NC(=O)[C@H](C)N(Cc1ccc(Cl)cc1)C(=O)CCSc1ccccc1. The van der Waals surface area contributed by atoms with Crippen molar-refractivity contribution in [2.75, 3.05) is 5.75 Å². The fraction of sp³-hybridized carbons (Fsp3) is 0.391. The number of thioether (sulfide) groups is 1. The number of benzene rings is 2. The van der Waals surface area contributed by atoms with Crippen molar-refractivity contribution in [3.63, 3.8) is 0 Å². The lowest BCUT2D eigenvalue weighted by Gasteiger charge is -2.29. The molecule has 0 fully saturated rings. The van der Waals surface area contributed by atoms with Crippen LogP contribution in [0.3, 0.4) is 0 Å². The Morgan fingerprint density at radius 1 is 1.07 bits per heavy atom. The van der Waals surface area contributed by atoms with Crippen LogP contribution in [0.2, 0.25) is 5.02 Å². The standard InChI is InChI=1S/C23H29ClN2O2S/c1-4-17(2)25-23(28)18(3)26(16-19-10-12-20(24)13-11-19)22(27)14-15-29-21-8-6-5-7-9-21/h5-13,17-18H,4,14-16H2,1-3H3,(H,25,28)/t17-,18+/m1/s1. The monoisotopic (exact) mass is 432 g/mol. The molecule has 0 heterocycles. The highest BCUT2D eigenvalue weighted by molar-refractivity contribution is 7.99. The van der Waals surface area contributed by atoms with Crippen LogP contribution < -0.4 is 5.32 Å². The molecule has 2 aromatic rings. The summed E-state index contributed by atoms with van der Waals surface area (Å²) < 4.78 is 0. The number of nitrogens with one attached hydrogen (secondary N) is 1. The Kier molecular flexibility index (Phi) is 9.55. The summed E-state index contributed by atoms with van der Waals surface area (Å²) in [4.78, 5) is 28.5. The second kappa shape index (κ2) is 11.9. The summed E-state index contributed by atoms with van der Waals surface area (Å²) in [5.74, 6) is 0.507. The Morgan fingerprint density at radius 2 is 1.72 bits per heavy atom. The first-order chi connectivity index (χ1) is 13.9.